The summed E-state index contributed by atoms with van der Waals surface area (Å²) in [5, 5.41) is 6.71. The van der Waals surface area contributed by atoms with Crippen LogP contribution in [-0.2, 0) is 0 Å². The molecule has 0 saturated carbocycles. The molecule has 2 heterocycles. The average molecular weight is 406 g/mol. The Bertz CT molecular complexity index is 984. The minimum atomic E-state index is -0.435. The maximum Gasteiger partial charge on any atom is 0.285 e. The van der Waals surface area contributed by atoms with Crippen molar-refractivity contribution in [3.63, 3.8) is 0 Å². The molecule has 0 amide bonds. The summed E-state index contributed by atoms with van der Waals surface area (Å²) in [5.74, 6) is 0.945. The zero-order valence-corrected chi connectivity index (χ0v) is 16.1. The van der Waals surface area contributed by atoms with Crippen molar-refractivity contribution in [3.8, 4) is 5.75 Å². The fraction of sp³-hybridized carbons (Fsp3) is 0.222. The standard InChI is InChI=1S/C18H17Cl2N5O2/c1-21-13-10-25(14-9-23-24-17(26)16(14)20)8-7-11(13)18(22-2)27-15-6-4-3-5-12(15)19/h3-6,9H,1,7-8,10H2,2H3,(H,24,26). The zero-order valence-electron chi connectivity index (χ0n) is 14.6. The van der Waals surface area contributed by atoms with Crippen LogP contribution in [0.4, 0.5) is 5.69 Å². The van der Waals surface area contributed by atoms with E-state index >= 15 is 0 Å². The van der Waals surface area contributed by atoms with Crippen LogP contribution < -0.4 is 15.2 Å². The summed E-state index contributed by atoms with van der Waals surface area (Å²) < 4.78 is 5.91. The van der Waals surface area contributed by atoms with Gasteiger partial charge in [-0.2, -0.15) is 5.10 Å². The lowest BCUT2D eigenvalue weighted by molar-refractivity contribution is 0.542. The van der Waals surface area contributed by atoms with Crippen molar-refractivity contribution < 1.29 is 4.74 Å². The number of hydrogen-bond acceptors (Lipinski definition) is 6. The smallest absolute Gasteiger partial charge is 0.285 e. The number of hydrogen-bond donors (Lipinski definition) is 1. The molecular formula is C18H17Cl2N5O2. The highest BCUT2D eigenvalue weighted by Crippen LogP contribution is 2.30. The first-order valence-corrected chi connectivity index (χ1v) is 8.87. The zero-order chi connectivity index (χ0) is 19.4. The molecule has 0 radical (unpaired) electrons. The monoisotopic (exact) mass is 405 g/mol. The molecule has 1 aliphatic rings. The van der Waals surface area contributed by atoms with E-state index in [0.29, 0.717) is 47.6 Å². The number of benzene rings is 1. The van der Waals surface area contributed by atoms with E-state index in [1.807, 2.05) is 17.0 Å². The van der Waals surface area contributed by atoms with Crippen LogP contribution in [-0.4, -0.2) is 42.9 Å². The second kappa shape index (κ2) is 8.37. The second-order valence-electron chi connectivity index (χ2n) is 5.71. The topological polar surface area (TPSA) is 82.9 Å². The maximum absolute atomic E-state index is 11.7. The Labute approximate surface area is 166 Å². The molecule has 1 aromatic carbocycles. The van der Waals surface area contributed by atoms with E-state index in [2.05, 4.69) is 26.9 Å². The molecule has 140 valence electrons. The van der Waals surface area contributed by atoms with Crippen molar-refractivity contribution in [3.05, 3.63) is 62.1 Å². The fourth-order valence-corrected chi connectivity index (χ4v) is 3.18. The second-order valence-corrected chi connectivity index (χ2v) is 6.50. The molecule has 0 aliphatic carbocycles. The molecule has 0 saturated heterocycles. The van der Waals surface area contributed by atoms with Crippen molar-refractivity contribution in [2.24, 2.45) is 9.98 Å². The van der Waals surface area contributed by atoms with Crippen molar-refractivity contribution in [1.29, 1.82) is 0 Å². The minimum Gasteiger partial charge on any atom is -0.437 e. The first-order chi connectivity index (χ1) is 13.0. The predicted octanol–water partition coefficient (Wildman–Crippen LogP) is 3.35. The van der Waals surface area contributed by atoms with E-state index in [4.69, 9.17) is 27.9 Å². The van der Waals surface area contributed by atoms with Crippen LogP contribution in [0.2, 0.25) is 10.0 Å². The Morgan fingerprint density at radius 2 is 2.15 bits per heavy atom. The molecule has 0 unspecified atom stereocenters. The molecule has 0 fully saturated rings. The molecule has 0 atom stereocenters. The van der Waals surface area contributed by atoms with Crippen LogP contribution in [0.5, 0.6) is 5.75 Å². The van der Waals surface area contributed by atoms with Gasteiger partial charge in [0.15, 0.2) is 0 Å². The fourth-order valence-electron chi connectivity index (χ4n) is 2.80. The third kappa shape index (κ3) is 4.04. The van der Waals surface area contributed by atoms with E-state index in [1.54, 1.807) is 19.2 Å². The largest absolute Gasteiger partial charge is 0.437 e. The molecule has 2 aromatic rings. The third-order valence-corrected chi connectivity index (χ3v) is 4.81. The highest BCUT2D eigenvalue weighted by atomic mass is 35.5. The molecule has 27 heavy (non-hydrogen) atoms. The van der Waals surface area contributed by atoms with E-state index in [0.717, 1.165) is 5.57 Å². The maximum atomic E-state index is 11.7. The summed E-state index contributed by atoms with van der Waals surface area (Å²) in [6.45, 7) is 4.64. The van der Waals surface area contributed by atoms with Gasteiger partial charge in [-0.05, 0) is 25.3 Å². The average Bonchev–Trinajstić information content (AvgIpc) is 2.69. The van der Waals surface area contributed by atoms with E-state index in [9.17, 15) is 4.79 Å². The summed E-state index contributed by atoms with van der Waals surface area (Å²) in [5.41, 5.74) is 1.63. The summed E-state index contributed by atoms with van der Waals surface area (Å²) in [6, 6.07) is 7.17. The quantitative estimate of drug-likeness (QED) is 0.624. The van der Waals surface area contributed by atoms with Crippen molar-refractivity contribution in [1.82, 2.24) is 10.2 Å². The van der Waals surface area contributed by atoms with E-state index < -0.39 is 5.56 Å². The molecule has 3 rings (SSSR count). The predicted molar refractivity (Wildman–Crippen MR) is 109 cm³/mol. The Hall–Kier alpha value is -2.64. The number of aromatic nitrogens is 2. The molecule has 0 spiro atoms. The minimum absolute atomic E-state index is 0.0913. The first kappa shape index (κ1) is 19.1. The first-order valence-electron chi connectivity index (χ1n) is 8.11. The number of aromatic amines is 1. The Morgan fingerprint density at radius 1 is 1.37 bits per heavy atom. The summed E-state index contributed by atoms with van der Waals surface area (Å²) in [7, 11) is 1.64. The van der Waals surface area contributed by atoms with Crippen molar-refractivity contribution in [2.75, 3.05) is 25.0 Å². The number of halogens is 2. The summed E-state index contributed by atoms with van der Waals surface area (Å²) in [6.07, 6.45) is 2.10. The normalized spacial score (nSPS) is 15.1. The van der Waals surface area contributed by atoms with Crippen LogP contribution in [0.3, 0.4) is 0 Å². The van der Waals surface area contributed by atoms with Crippen LogP contribution in [0, 0.1) is 0 Å². The molecule has 7 nitrogen and oxygen atoms in total. The SMILES string of the molecule is C=NC1=C(C(=NC)Oc2ccccc2Cl)CCN(c2cn[nH]c(=O)c2Cl)C1. The molecule has 1 aromatic heterocycles. The highest BCUT2D eigenvalue weighted by molar-refractivity contribution is 6.33. The number of anilines is 1. The lowest BCUT2D eigenvalue weighted by Gasteiger charge is -2.31. The Kier molecular flexibility index (Phi) is 5.93. The number of aliphatic imine (C=N–C) groups is 2. The van der Waals surface area contributed by atoms with Gasteiger partial charge in [0.05, 0.1) is 29.1 Å². The molecule has 1 N–H and O–H groups in total. The van der Waals surface area contributed by atoms with Gasteiger partial charge >= 0.3 is 0 Å². The van der Waals surface area contributed by atoms with Gasteiger partial charge in [-0.1, -0.05) is 35.3 Å². The lowest BCUT2D eigenvalue weighted by Crippen LogP contribution is -2.35. The lowest BCUT2D eigenvalue weighted by atomic mass is 10.0. The van der Waals surface area contributed by atoms with Crippen LogP contribution >= 0.6 is 23.2 Å². The van der Waals surface area contributed by atoms with Gasteiger partial charge in [-0.25, -0.2) is 5.10 Å². The van der Waals surface area contributed by atoms with Crippen LogP contribution in [0.1, 0.15) is 6.42 Å². The van der Waals surface area contributed by atoms with Gasteiger partial charge in [0, 0.05) is 19.2 Å². The number of rotatable bonds is 4. The summed E-state index contributed by atoms with van der Waals surface area (Å²) in [4.78, 5) is 22.0. The Balaban J connectivity index is 1.90. The highest BCUT2D eigenvalue weighted by Gasteiger charge is 2.25. The van der Waals surface area contributed by atoms with Gasteiger partial charge in [0.25, 0.3) is 5.56 Å². The third-order valence-electron chi connectivity index (χ3n) is 4.13. The van der Waals surface area contributed by atoms with Gasteiger partial charge < -0.3 is 9.64 Å². The van der Waals surface area contributed by atoms with Gasteiger partial charge in [-0.15, -0.1) is 0 Å². The molecule has 0 bridgehead atoms. The number of H-pyrrole nitrogens is 1. The van der Waals surface area contributed by atoms with Crippen molar-refractivity contribution >= 4 is 41.5 Å². The van der Waals surface area contributed by atoms with Gasteiger partial charge in [0.1, 0.15) is 10.8 Å². The van der Waals surface area contributed by atoms with Crippen molar-refractivity contribution in [2.45, 2.75) is 6.42 Å². The van der Waals surface area contributed by atoms with Crippen LogP contribution in [0.15, 0.2) is 56.5 Å². The number of nitrogens with one attached hydrogen (secondary N) is 1. The van der Waals surface area contributed by atoms with E-state index in [1.165, 1.54) is 6.20 Å². The molecule has 9 heteroatoms. The molecular weight excluding hydrogens is 389 g/mol. The van der Waals surface area contributed by atoms with Gasteiger partial charge in [0.2, 0.25) is 5.90 Å². The van der Waals surface area contributed by atoms with E-state index in [-0.39, 0.29) is 5.02 Å². The number of para-hydroxylation sites is 1. The Morgan fingerprint density at radius 3 is 2.85 bits per heavy atom. The molecule has 1 aliphatic heterocycles. The van der Waals surface area contributed by atoms with Gasteiger partial charge in [-0.3, -0.25) is 14.8 Å². The number of nitrogens with zero attached hydrogens (tertiary/aromatic N) is 4. The van der Waals surface area contributed by atoms with Crippen LogP contribution in [0.25, 0.3) is 0 Å². The number of ether oxygens (including phenoxy) is 1. The summed E-state index contributed by atoms with van der Waals surface area (Å²) >= 11 is 12.3.